The highest BCUT2D eigenvalue weighted by Gasteiger charge is 2.33. The Bertz CT molecular complexity index is 1300. The van der Waals surface area contributed by atoms with E-state index in [1.807, 2.05) is 59.5 Å². The summed E-state index contributed by atoms with van der Waals surface area (Å²) in [7, 11) is 0. The van der Waals surface area contributed by atoms with Crippen LogP contribution in [0.15, 0.2) is 63.6 Å². The summed E-state index contributed by atoms with van der Waals surface area (Å²) >= 11 is 0. The lowest BCUT2D eigenvalue weighted by atomic mass is 9.97. The van der Waals surface area contributed by atoms with Crippen molar-refractivity contribution in [3.05, 3.63) is 65.7 Å². The normalized spacial score (nSPS) is 16.7. The number of aliphatic hydroxyl groups excluding tert-OH is 1. The Labute approximate surface area is 203 Å². The van der Waals surface area contributed by atoms with E-state index in [0.29, 0.717) is 24.0 Å². The molecule has 1 saturated heterocycles. The van der Waals surface area contributed by atoms with Gasteiger partial charge in [0.15, 0.2) is 11.5 Å². The highest BCUT2D eigenvalue weighted by atomic mass is 16.5. The Morgan fingerprint density at radius 3 is 2.51 bits per heavy atom. The fourth-order valence-electron chi connectivity index (χ4n) is 4.51. The smallest absolute Gasteiger partial charge is 0.280 e. The van der Waals surface area contributed by atoms with Crippen LogP contribution in [0.4, 0.5) is 0 Å². The van der Waals surface area contributed by atoms with E-state index < -0.39 is 6.10 Å². The van der Waals surface area contributed by atoms with Gasteiger partial charge in [-0.1, -0.05) is 78.3 Å². The number of β-amino-alcohol motifs (C(OH)–C–C–N with tert-alkyl or cyclic N) is 1. The minimum Gasteiger partial charge on any atom is -0.387 e. The number of carbonyl (C=O) groups excluding carboxylic acids is 1. The molecule has 1 aliphatic heterocycles. The third-order valence-corrected chi connectivity index (χ3v) is 6.51. The number of nitrogens with zero attached hydrogens (tertiary/aromatic N) is 4. The first-order valence-electron chi connectivity index (χ1n) is 12.0. The molecular formula is C27H28N4O4. The highest BCUT2D eigenvalue weighted by molar-refractivity contribution is 5.82. The van der Waals surface area contributed by atoms with Crippen molar-refractivity contribution in [3.63, 3.8) is 0 Å². The van der Waals surface area contributed by atoms with Crippen molar-refractivity contribution < 1.29 is 18.9 Å². The molecule has 3 heterocycles. The summed E-state index contributed by atoms with van der Waals surface area (Å²) in [5.41, 5.74) is 4.01. The van der Waals surface area contributed by atoms with Crippen molar-refractivity contribution in [2.45, 2.75) is 45.3 Å². The number of carbonyl (C=O) groups is 1. The maximum atomic E-state index is 11.6. The maximum absolute atomic E-state index is 11.6. The molecule has 8 nitrogen and oxygen atoms in total. The largest absolute Gasteiger partial charge is 0.387 e. The first-order chi connectivity index (χ1) is 17.0. The summed E-state index contributed by atoms with van der Waals surface area (Å²) in [5.74, 6) is 1.62. The van der Waals surface area contributed by atoms with Crippen LogP contribution in [-0.2, 0) is 11.2 Å². The van der Waals surface area contributed by atoms with Gasteiger partial charge in [0.1, 0.15) is 5.78 Å². The molecule has 35 heavy (non-hydrogen) atoms. The van der Waals surface area contributed by atoms with E-state index in [1.54, 1.807) is 6.92 Å². The van der Waals surface area contributed by atoms with Crippen LogP contribution in [0.2, 0.25) is 0 Å². The summed E-state index contributed by atoms with van der Waals surface area (Å²) in [6.07, 6.45) is 1.88. The van der Waals surface area contributed by atoms with Gasteiger partial charge in [-0.05, 0) is 25.3 Å². The number of aliphatic hydroxyl groups is 1. The molecule has 0 aliphatic carbocycles. The number of benzene rings is 2. The van der Waals surface area contributed by atoms with Gasteiger partial charge in [-0.25, -0.2) is 0 Å². The van der Waals surface area contributed by atoms with Crippen LogP contribution >= 0.6 is 0 Å². The van der Waals surface area contributed by atoms with Crippen molar-refractivity contribution in [2.24, 2.45) is 0 Å². The van der Waals surface area contributed by atoms with Crippen molar-refractivity contribution in [3.8, 4) is 34.3 Å². The molecule has 180 valence electrons. The molecule has 2 aromatic carbocycles. The molecule has 0 radical (unpaired) electrons. The van der Waals surface area contributed by atoms with Gasteiger partial charge in [0.25, 0.3) is 5.89 Å². The van der Waals surface area contributed by atoms with Crippen molar-refractivity contribution in [1.82, 2.24) is 20.2 Å². The van der Waals surface area contributed by atoms with Crippen molar-refractivity contribution >= 4 is 5.78 Å². The molecule has 0 amide bonds. The van der Waals surface area contributed by atoms with Gasteiger partial charge >= 0.3 is 0 Å². The molecule has 0 saturated carbocycles. The fraction of sp³-hybridized carbons (Fsp3) is 0.333. The van der Waals surface area contributed by atoms with Gasteiger partial charge in [0, 0.05) is 29.8 Å². The summed E-state index contributed by atoms with van der Waals surface area (Å²) in [6, 6.07) is 17.2. The van der Waals surface area contributed by atoms with Crippen molar-refractivity contribution in [1.29, 1.82) is 0 Å². The number of likely N-dealkylation sites (tertiary alicyclic amines) is 1. The molecule has 5 rings (SSSR count). The zero-order valence-electron chi connectivity index (χ0n) is 19.8. The Morgan fingerprint density at radius 1 is 1.09 bits per heavy atom. The van der Waals surface area contributed by atoms with Crippen LogP contribution in [-0.4, -0.2) is 50.2 Å². The lowest BCUT2D eigenvalue weighted by Gasteiger charge is -2.40. The third-order valence-electron chi connectivity index (χ3n) is 6.51. The average molecular weight is 473 g/mol. The topological polar surface area (TPSA) is 105 Å². The Balaban J connectivity index is 1.34. The van der Waals surface area contributed by atoms with Gasteiger partial charge in [-0.15, -0.1) is 0 Å². The van der Waals surface area contributed by atoms with Crippen LogP contribution in [0, 0.1) is 0 Å². The Kier molecular flexibility index (Phi) is 6.57. The van der Waals surface area contributed by atoms with Gasteiger partial charge in [0.2, 0.25) is 5.82 Å². The SMILES string of the molecule is CCCc1c(-c2nc(-c3ccc(C(O)CN4CC[C@H]4C(C)=O)cc3)no2)noc1-c1ccccc1. The second kappa shape index (κ2) is 9.93. The van der Waals surface area contributed by atoms with Crippen LogP contribution in [0.5, 0.6) is 0 Å². The molecule has 4 aromatic rings. The summed E-state index contributed by atoms with van der Waals surface area (Å²) < 4.78 is 11.2. The summed E-state index contributed by atoms with van der Waals surface area (Å²) in [4.78, 5) is 18.2. The minimum absolute atomic E-state index is 0.0711. The number of hydrogen-bond donors (Lipinski definition) is 1. The van der Waals surface area contributed by atoms with Gasteiger partial charge in [-0.3, -0.25) is 9.69 Å². The summed E-state index contributed by atoms with van der Waals surface area (Å²) in [5, 5.41) is 19.0. The fourth-order valence-corrected chi connectivity index (χ4v) is 4.51. The number of rotatable bonds is 9. The van der Waals surface area contributed by atoms with E-state index in [1.165, 1.54) is 0 Å². The molecule has 1 aliphatic rings. The Morgan fingerprint density at radius 2 is 1.86 bits per heavy atom. The molecule has 2 aromatic heterocycles. The minimum atomic E-state index is -0.671. The van der Waals surface area contributed by atoms with Gasteiger partial charge in [-0.2, -0.15) is 4.98 Å². The third kappa shape index (κ3) is 4.67. The molecule has 8 heteroatoms. The first-order valence-corrected chi connectivity index (χ1v) is 12.0. The molecule has 2 atom stereocenters. The molecule has 0 spiro atoms. The average Bonchev–Trinajstić information content (AvgIpc) is 3.50. The van der Waals surface area contributed by atoms with Crippen LogP contribution in [0.3, 0.4) is 0 Å². The number of ketones is 1. The van der Waals surface area contributed by atoms with E-state index in [9.17, 15) is 9.90 Å². The molecule has 1 N–H and O–H groups in total. The van der Waals surface area contributed by atoms with E-state index in [4.69, 9.17) is 9.05 Å². The second-order valence-electron chi connectivity index (χ2n) is 8.93. The standard InChI is InChI=1S/C27H28N4O4/c1-3-7-21-24(29-34-25(21)19-8-5-4-6-9-19)27-28-26(30-35-27)20-12-10-18(11-13-20)23(33)16-31-15-14-22(31)17(2)32/h4-6,8-13,22-23,33H,3,7,14-16H2,1-2H3/t22-,23?/m0/s1. The van der Waals surface area contributed by atoms with E-state index in [0.717, 1.165) is 53.8 Å². The monoisotopic (exact) mass is 472 g/mol. The number of Topliss-reactive ketones (excluding diaryl/α,β-unsaturated/α-hetero) is 1. The zero-order chi connectivity index (χ0) is 24.4. The van der Waals surface area contributed by atoms with Crippen LogP contribution < -0.4 is 0 Å². The van der Waals surface area contributed by atoms with Gasteiger partial charge in [0.05, 0.1) is 12.1 Å². The molecular weight excluding hydrogens is 444 g/mol. The number of hydrogen-bond acceptors (Lipinski definition) is 8. The second-order valence-corrected chi connectivity index (χ2v) is 8.93. The van der Waals surface area contributed by atoms with E-state index in [2.05, 4.69) is 22.2 Å². The quantitative estimate of drug-likeness (QED) is 0.373. The maximum Gasteiger partial charge on any atom is 0.280 e. The lowest BCUT2D eigenvalue weighted by molar-refractivity contribution is -0.127. The first kappa shape index (κ1) is 23.1. The molecule has 0 bridgehead atoms. The van der Waals surface area contributed by atoms with Crippen LogP contribution in [0.25, 0.3) is 34.3 Å². The Hall–Kier alpha value is -3.62. The highest BCUT2D eigenvalue weighted by Crippen LogP contribution is 2.33. The molecule has 1 unspecified atom stereocenters. The van der Waals surface area contributed by atoms with E-state index >= 15 is 0 Å². The van der Waals surface area contributed by atoms with Crippen LogP contribution in [0.1, 0.15) is 43.9 Å². The zero-order valence-corrected chi connectivity index (χ0v) is 19.8. The lowest BCUT2D eigenvalue weighted by Crippen LogP contribution is -2.52. The molecule has 1 fully saturated rings. The van der Waals surface area contributed by atoms with Crippen molar-refractivity contribution in [2.75, 3.05) is 13.1 Å². The number of aromatic nitrogens is 3. The predicted molar refractivity (Wildman–Crippen MR) is 130 cm³/mol. The van der Waals surface area contributed by atoms with Gasteiger partial charge < -0.3 is 14.2 Å². The predicted octanol–water partition coefficient (Wildman–Crippen LogP) is 4.71. The summed E-state index contributed by atoms with van der Waals surface area (Å²) in [6.45, 7) is 4.97. The van der Waals surface area contributed by atoms with E-state index in [-0.39, 0.29) is 11.8 Å².